The van der Waals surface area contributed by atoms with Gasteiger partial charge in [-0.2, -0.15) is 0 Å². The third-order valence-corrected chi connectivity index (χ3v) is 7.59. The van der Waals surface area contributed by atoms with E-state index < -0.39 is 41.6 Å². The van der Waals surface area contributed by atoms with Gasteiger partial charge in [-0.25, -0.2) is 4.79 Å². The van der Waals surface area contributed by atoms with Gasteiger partial charge in [0.15, 0.2) is 6.10 Å². The van der Waals surface area contributed by atoms with Crippen molar-refractivity contribution in [3.05, 3.63) is 12.3 Å². The number of ether oxygens (including phenoxy) is 1. The van der Waals surface area contributed by atoms with E-state index in [1.807, 2.05) is 27.7 Å². The van der Waals surface area contributed by atoms with E-state index >= 15 is 0 Å². The topological polar surface area (TPSA) is 137 Å². The molecule has 208 valence electrons. The Bertz CT molecular complexity index is 896. The molecule has 1 aliphatic heterocycles. The average Bonchev–Trinajstić information content (AvgIpc) is 3.35. The number of hydrogen-bond donors (Lipinski definition) is 4. The molecule has 1 unspecified atom stereocenters. The number of aliphatic hydroxyl groups is 1. The fourth-order valence-corrected chi connectivity index (χ4v) is 5.57. The summed E-state index contributed by atoms with van der Waals surface area (Å²) in [7, 11) is 0. The maximum atomic E-state index is 13.9. The van der Waals surface area contributed by atoms with Gasteiger partial charge in [0.25, 0.3) is 5.91 Å². The summed E-state index contributed by atoms with van der Waals surface area (Å²) in [5, 5.41) is 19.1. The predicted molar refractivity (Wildman–Crippen MR) is 138 cm³/mol. The zero-order valence-electron chi connectivity index (χ0n) is 22.8. The Balaban J connectivity index is 1.80. The smallest absolute Gasteiger partial charge is 0.412 e. The molecule has 3 fully saturated rings. The van der Waals surface area contributed by atoms with Crippen LogP contribution in [0.1, 0.15) is 79.6 Å². The van der Waals surface area contributed by atoms with Crippen LogP contribution < -0.4 is 16.0 Å². The van der Waals surface area contributed by atoms with Crippen molar-refractivity contribution >= 4 is 23.8 Å². The number of amides is 4. The molecule has 0 aromatic heterocycles. The number of fused-ring (bicyclic) bond motifs is 1. The Hall–Kier alpha value is -2.62. The predicted octanol–water partition coefficient (Wildman–Crippen LogP) is 2.21. The van der Waals surface area contributed by atoms with E-state index in [4.69, 9.17) is 4.74 Å². The molecule has 37 heavy (non-hydrogen) atoms. The molecule has 4 N–H and O–H groups in total. The standard InChI is InChI=1S/C27H44N4O6/c1-7-9-19(21(32)24(34)28-17-12-13-17)29-23(33)20-18-11-8-10-16(18)14-31(20)25(35)22(27(4,5)6)30-26(36)37-15(2)3/h16-22,32H,2,7-14H2,1,3-6H3,(H,28,34)(H,29,33)(H,30,36)/t16-,18-,19-,20-,21?,22+/m0/s1. The number of rotatable bonds is 10. The summed E-state index contributed by atoms with van der Waals surface area (Å²) in [4.78, 5) is 54.1. The number of alkyl carbamates (subject to hydrolysis) is 1. The van der Waals surface area contributed by atoms with Crippen LogP contribution in [0.4, 0.5) is 4.79 Å². The first-order chi connectivity index (χ1) is 17.3. The van der Waals surface area contributed by atoms with Gasteiger partial charge in [0.05, 0.1) is 11.8 Å². The molecule has 2 saturated carbocycles. The molecule has 3 aliphatic rings. The molecule has 0 aromatic rings. The van der Waals surface area contributed by atoms with E-state index in [2.05, 4.69) is 22.5 Å². The minimum absolute atomic E-state index is 0.00773. The van der Waals surface area contributed by atoms with Crippen molar-refractivity contribution in [2.24, 2.45) is 17.3 Å². The van der Waals surface area contributed by atoms with Crippen LogP contribution in [0.2, 0.25) is 0 Å². The number of carbonyl (C=O) groups excluding carboxylic acids is 4. The van der Waals surface area contributed by atoms with E-state index in [1.165, 1.54) is 0 Å². The number of aliphatic hydroxyl groups excluding tert-OH is 1. The van der Waals surface area contributed by atoms with Crippen LogP contribution in [0.5, 0.6) is 0 Å². The zero-order chi connectivity index (χ0) is 27.5. The van der Waals surface area contributed by atoms with Crippen molar-refractivity contribution in [2.45, 2.75) is 110 Å². The Kier molecular flexibility index (Phi) is 9.26. The third kappa shape index (κ3) is 7.24. The molecule has 10 heteroatoms. The zero-order valence-corrected chi connectivity index (χ0v) is 22.8. The fraction of sp³-hybridized carbons (Fsp3) is 0.778. The second-order valence-corrected chi connectivity index (χ2v) is 12.0. The van der Waals surface area contributed by atoms with Crippen LogP contribution >= 0.6 is 0 Å². The van der Waals surface area contributed by atoms with E-state index in [0.29, 0.717) is 19.4 Å². The maximum Gasteiger partial charge on any atom is 0.412 e. The Morgan fingerprint density at radius 1 is 1.11 bits per heavy atom. The summed E-state index contributed by atoms with van der Waals surface area (Å²) in [6.45, 7) is 13.0. The van der Waals surface area contributed by atoms with Gasteiger partial charge in [-0.15, -0.1) is 0 Å². The van der Waals surface area contributed by atoms with Gasteiger partial charge in [0.1, 0.15) is 12.1 Å². The van der Waals surface area contributed by atoms with Crippen molar-refractivity contribution in [2.75, 3.05) is 6.54 Å². The molecule has 0 spiro atoms. The van der Waals surface area contributed by atoms with Crippen LogP contribution in [-0.4, -0.2) is 70.6 Å². The van der Waals surface area contributed by atoms with Gasteiger partial charge in [0, 0.05) is 12.6 Å². The number of carbonyl (C=O) groups is 4. The summed E-state index contributed by atoms with van der Waals surface area (Å²) in [6.07, 6.45) is 3.48. The Labute approximate surface area is 219 Å². The fourth-order valence-electron chi connectivity index (χ4n) is 5.57. The highest BCUT2D eigenvalue weighted by atomic mass is 16.6. The first-order valence-electron chi connectivity index (χ1n) is 13.6. The number of nitrogens with zero attached hydrogens (tertiary/aromatic N) is 1. The molecule has 2 aliphatic carbocycles. The van der Waals surface area contributed by atoms with Crippen molar-refractivity contribution in [3.63, 3.8) is 0 Å². The molecule has 3 rings (SSSR count). The maximum absolute atomic E-state index is 13.9. The number of nitrogens with one attached hydrogen (secondary N) is 3. The highest BCUT2D eigenvalue weighted by Crippen LogP contribution is 2.43. The number of likely N-dealkylation sites (tertiary alicyclic amines) is 1. The van der Waals surface area contributed by atoms with E-state index in [1.54, 1.807) is 11.8 Å². The summed E-state index contributed by atoms with van der Waals surface area (Å²) < 4.78 is 5.04. The van der Waals surface area contributed by atoms with Crippen molar-refractivity contribution in [3.8, 4) is 0 Å². The first-order valence-corrected chi connectivity index (χ1v) is 13.6. The third-order valence-electron chi connectivity index (χ3n) is 7.59. The van der Waals surface area contributed by atoms with Gasteiger partial charge >= 0.3 is 6.09 Å². The molecule has 6 atom stereocenters. The van der Waals surface area contributed by atoms with Crippen LogP contribution in [0.15, 0.2) is 12.3 Å². The van der Waals surface area contributed by atoms with E-state index in [-0.39, 0.29) is 35.5 Å². The molecule has 1 heterocycles. The number of allylic oxidation sites excluding steroid dienone is 1. The largest absolute Gasteiger partial charge is 0.416 e. The molecule has 10 nitrogen and oxygen atoms in total. The Morgan fingerprint density at radius 2 is 1.78 bits per heavy atom. The summed E-state index contributed by atoms with van der Waals surface area (Å²) >= 11 is 0. The minimum Gasteiger partial charge on any atom is -0.416 e. The second kappa shape index (κ2) is 11.8. The molecule has 4 amide bonds. The van der Waals surface area contributed by atoms with Crippen LogP contribution in [0.25, 0.3) is 0 Å². The van der Waals surface area contributed by atoms with Gasteiger partial charge in [-0.1, -0.05) is 47.1 Å². The highest BCUT2D eigenvalue weighted by molar-refractivity contribution is 5.93. The van der Waals surface area contributed by atoms with Gasteiger partial charge in [0.2, 0.25) is 11.8 Å². The normalized spacial score (nSPS) is 25.5. The van der Waals surface area contributed by atoms with Gasteiger partial charge in [-0.3, -0.25) is 14.4 Å². The average molecular weight is 521 g/mol. The lowest BCUT2D eigenvalue weighted by molar-refractivity contribution is -0.144. The second-order valence-electron chi connectivity index (χ2n) is 12.0. The lowest BCUT2D eigenvalue weighted by atomic mass is 9.85. The van der Waals surface area contributed by atoms with Gasteiger partial charge in [-0.05, 0) is 56.3 Å². The van der Waals surface area contributed by atoms with Crippen LogP contribution in [-0.2, 0) is 19.1 Å². The van der Waals surface area contributed by atoms with Crippen molar-refractivity contribution < 1.29 is 29.0 Å². The Morgan fingerprint density at radius 3 is 2.35 bits per heavy atom. The summed E-state index contributed by atoms with van der Waals surface area (Å²) in [5.41, 5.74) is -0.647. The molecule has 0 radical (unpaired) electrons. The van der Waals surface area contributed by atoms with E-state index in [9.17, 15) is 24.3 Å². The lowest BCUT2D eigenvalue weighted by Crippen LogP contribution is -2.60. The van der Waals surface area contributed by atoms with Crippen LogP contribution in [0, 0.1) is 17.3 Å². The number of hydrogen-bond acceptors (Lipinski definition) is 6. The summed E-state index contributed by atoms with van der Waals surface area (Å²) in [6, 6.07) is -2.31. The first kappa shape index (κ1) is 28.9. The van der Waals surface area contributed by atoms with Gasteiger partial charge < -0.3 is 30.7 Å². The quantitative estimate of drug-likeness (QED) is 0.326. The summed E-state index contributed by atoms with van der Waals surface area (Å²) in [5.74, 6) is -0.803. The highest BCUT2D eigenvalue weighted by Gasteiger charge is 2.52. The van der Waals surface area contributed by atoms with Crippen molar-refractivity contribution in [1.29, 1.82) is 0 Å². The molecule has 0 bridgehead atoms. The van der Waals surface area contributed by atoms with E-state index in [0.717, 1.165) is 32.1 Å². The molecular formula is C27H44N4O6. The minimum atomic E-state index is -1.37. The lowest BCUT2D eigenvalue weighted by Gasteiger charge is -2.36. The monoisotopic (exact) mass is 520 g/mol. The molecule has 1 saturated heterocycles. The van der Waals surface area contributed by atoms with Crippen molar-refractivity contribution in [1.82, 2.24) is 20.9 Å². The van der Waals surface area contributed by atoms with Crippen LogP contribution in [0.3, 0.4) is 0 Å². The molecule has 0 aromatic carbocycles. The SMILES string of the molecule is C=C(C)OC(=O)N[C@H](C(=O)N1C[C@@H]2CCC[C@@H]2[C@H]1C(=O)N[C@@H](CCC)C(O)C(=O)NC1CC1)C(C)(C)C. The molecular weight excluding hydrogens is 476 g/mol.